The molecule has 2 aromatic rings. The Morgan fingerprint density at radius 1 is 1.17 bits per heavy atom. The van der Waals surface area contributed by atoms with Crippen LogP contribution in [0.2, 0.25) is 0 Å². The van der Waals surface area contributed by atoms with Gasteiger partial charge in [0.05, 0.1) is 17.7 Å². The highest BCUT2D eigenvalue weighted by Gasteiger charge is 2.62. The van der Waals surface area contributed by atoms with Crippen molar-refractivity contribution in [2.24, 2.45) is 16.8 Å². The Labute approximate surface area is 173 Å². The molecule has 30 heavy (non-hydrogen) atoms. The maximum atomic E-state index is 15.0. The van der Waals surface area contributed by atoms with Crippen molar-refractivity contribution in [2.45, 2.75) is 30.5 Å². The lowest BCUT2D eigenvalue weighted by molar-refractivity contribution is -0.743. The van der Waals surface area contributed by atoms with Gasteiger partial charge in [0.15, 0.2) is 12.4 Å². The number of aliphatic hydroxyl groups is 1. The van der Waals surface area contributed by atoms with Crippen LogP contribution in [-0.2, 0) is 0 Å². The summed E-state index contributed by atoms with van der Waals surface area (Å²) in [7, 11) is 0. The summed E-state index contributed by atoms with van der Waals surface area (Å²) in [5.41, 5.74) is -1.62. The number of hydrogen-bond acceptors (Lipinski definition) is 5. The zero-order valence-electron chi connectivity index (χ0n) is 16.0. The summed E-state index contributed by atoms with van der Waals surface area (Å²) in [6, 6.07) is 14.8. The highest BCUT2D eigenvalue weighted by atomic mass is 19.1. The van der Waals surface area contributed by atoms with Crippen molar-refractivity contribution >= 4 is 11.6 Å². The van der Waals surface area contributed by atoms with Crippen molar-refractivity contribution in [2.75, 3.05) is 0 Å². The molecule has 1 saturated carbocycles. The van der Waals surface area contributed by atoms with Crippen molar-refractivity contribution in [3.8, 4) is 12.1 Å². The predicted octanol–water partition coefficient (Wildman–Crippen LogP) is 2.83. The fourth-order valence-electron chi connectivity index (χ4n) is 4.39. The summed E-state index contributed by atoms with van der Waals surface area (Å²) in [5.74, 6) is -0.510. The summed E-state index contributed by atoms with van der Waals surface area (Å²) in [6.07, 6.45) is 4.99. The van der Waals surface area contributed by atoms with Crippen LogP contribution in [0.25, 0.3) is 0 Å². The molecule has 4 rings (SSSR count). The summed E-state index contributed by atoms with van der Waals surface area (Å²) in [4.78, 5) is 4.50. The molecule has 0 amide bonds. The second kappa shape index (κ2) is 7.65. The van der Waals surface area contributed by atoms with E-state index in [4.69, 9.17) is 5.41 Å². The minimum Gasteiger partial charge on any atom is -0.364 e. The van der Waals surface area contributed by atoms with Crippen LogP contribution in [0.4, 0.5) is 4.39 Å². The zero-order chi connectivity index (χ0) is 21.3. The number of benzene rings is 1. The first-order valence-corrected chi connectivity index (χ1v) is 9.67. The van der Waals surface area contributed by atoms with E-state index in [-0.39, 0.29) is 22.8 Å². The Balaban J connectivity index is 2.04. The second-order valence-corrected chi connectivity index (χ2v) is 7.59. The highest BCUT2D eigenvalue weighted by molar-refractivity contribution is 6.13. The zero-order valence-corrected chi connectivity index (χ0v) is 16.0. The number of halogens is 1. The molecule has 1 aliphatic heterocycles. The Morgan fingerprint density at radius 3 is 2.43 bits per heavy atom. The largest absolute Gasteiger partial charge is 0.364 e. The quantitative estimate of drug-likeness (QED) is 0.468. The molecule has 0 bridgehead atoms. The van der Waals surface area contributed by atoms with E-state index in [1.165, 1.54) is 6.07 Å². The normalized spacial score (nSPS) is 27.9. The summed E-state index contributed by atoms with van der Waals surface area (Å²) < 4.78 is 16.7. The standard InChI is InChI=1S/C23H19FN5O/c24-19-7-3-2-6-17(19)20-18(14-27)21(15(12-25)13-26)28-23(30,16-8-9-16)22(20)29-10-4-1-5-11-29/h1-7,10-11,16,18,20,22,25,30H,8-9H2/q+1/t18-,20+,22-,23-/m0/s1. The molecule has 1 aromatic heterocycles. The van der Waals surface area contributed by atoms with Gasteiger partial charge in [0, 0.05) is 18.1 Å². The first-order valence-electron chi connectivity index (χ1n) is 9.67. The molecule has 7 heteroatoms. The topological polar surface area (TPSA) is 108 Å². The maximum absolute atomic E-state index is 15.0. The smallest absolute Gasteiger partial charge is 0.222 e. The van der Waals surface area contributed by atoms with E-state index in [2.05, 4.69) is 11.1 Å². The first kappa shape index (κ1) is 19.7. The Hall–Kier alpha value is -3.64. The van der Waals surface area contributed by atoms with Gasteiger partial charge in [-0.25, -0.2) is 9.38 Å². The van der Waals surface area contributed by atoms with Gasteiger partial charge >= 0.3 is 0 Å². The molecule has 0 unspecified atom stereocenters. The predicted molar refractivity (Wildman–Crippen MR) is 106 cm³/mol. The fourth-order valence-corrected chi connectivity index (χ4v) is 4.39. The number of nitriles is 2. The number of hydrogen-bond donors (Lipinski definition) is 2. The lowest BCUT2D eigenvalue weighted by Crippen LogP contribution is -2.60. The fraction of sp³-hybridized carbons (Fsp3) is 0.304. The molecular formula is C23H19FN5O+. The molecule has 1 aliphatic carbocycles. The van der Waals surface area contributed by atoms with Gasteiger partial charge in [-0.2, -0.15) is 15.1 Å². The Morgan fingerprint density at radius 2 is 1.87 bits per heavy atom. The minimum absolute atomic E-state index is 0.00886. The maximum Gasteiger partial charge on any atom is 0.222 e. The monoisotopic (exact) mass is 400 g/mol. The number of allylic oxidation sites excluding steroid dienone is 1. The van der Waals surface area contributed by atoms with Gasteiger partial charge < -0.3 is 5.11 Å². The van der Waals surface area contributed by atoms with Gasteiger partial charge in [-0.15, -0.1) is 0 Å². The van der Waals surface area contributed by atoms with Crippen molar-refractivity contribution in [3.05, 3.63) is 71.8 Å². The summed E-state index contributed by atoms with van der Waals surface area (Å²) in [5, 5.41) is 38.8. The van der Waals surface area contributed by atoms with E-state index in [1.807, 2.05) is 18.0 Å². The van der Waals surface area contributed by atoms with E-state index >= 15 is 0 Å². The summed E-state index contributed by atoms with van der Waals surface area (Å²) in [6.45, 7) is 0. The lowest BCUT2D eigenvalue weighted by Gasteiger charge is -2.40. The van der Waals surface area contributed by atoms with Gasteiger partial charge in [0.25, 0.3) is 0 Å². The third-order valence-corrected chi connectivity index (χ3v) is 5.86. The van der Waals surface area contributed by atoms with Crippen LogP contribution in [0.5, 0.6) is 0 Å². The van der Waals surface area contributed by atoms with Crippen LogP contribution in [0.3, 0.4) is 0 Å². The molecular weight excluding hydrogens is 381 g/mol. The van der Waals surface area contributed by atoms with Crippen molar-refractivity contribution in [1.82, 2.24) is 0 Å². The molecule has 0 spiro atoms. The van der Waals surface area contributed by atoms with Crippen LogP contribution in [-0.4, -0.2) is 22.4 Å². The van der Waals surface area contributed by atoms with Crippen molar-refractivity contribution < 1.29 is 14.1 Å². The van der Waals surface area contributed by atoms with Crippen LogP contribution >= 0.6 is 0 Å². The van der Waals surface area contributed by atoms with E-state index < -0.39 is 29.4 Å². The van der Waals surface area contributed by atoms with Crippen LogP contribution in [0.1, 0.15) is 30.4 Å². The lowest BCUT2D eigenvalue weighted by atomic mass is 9.70. The summed E-state index contributed by atoms with van der Waals surface area (Å²) >= 11 is 0. The first-order chi connectivity index (χ1) is 14.5. The molecule has 6 nitrogen and oxygen atoms in total. The molecule has 0 saturated heterocycles. The number of nitrogens with zero attached hydrogens (tertiary/aromatic N) is 4. The Kier molecular flexibility index (Phi) is 5.01. The highest BCUT2D eigenvalue weighted by Crippen LogP contribution is 2.54. The van der Waals surface area contributed by atoms with Crippen molar-refractivity contribution in [3.63, 3.8) is 0 Å². The van der Waals surface area contributed by atoms with Gasteiger partial charge in [-0.3, -0.25) is 5.41 Å². The molecule has 148 valence electrons. The van der Waals surface area contributed by atoms with Crippen LogP contribution in [0.15, 0.2) is 65.4 Å². The van der Waals surface area contributed by atoms with E-state index in [0.717, 1.165) is 12.8 Å². The number of rotatable bonds is 4. The van der Waals surface area contributed by atoms with Gasteiger partial charge in [-0.05, 0) is 30.3 Å². The molecule has 2 aliphatic rings. The Bertz CT molecular complexity index is 1140. The van der Waals surface area contributed by atoms with Gasteiger partial charge in [0.1, 0.15) is 23.4 Å². The average molecular weight is 400 g/mol. The van der Waals surface area contributed by atoms with Crippen molar-refractivity contribution in [1.29, 1.82) is 15.9 Å². The average Bonchev–Trinajstić information content (AvgIpc) is 3.61. The van der Waals surface area contributed by atoms with Gasteiger partial charge in [0.2, 0.25) is 11.8 Å². The molecule has 4 atom stereocenters. The van der Waals surface area contributed by atoms with Gasteiger partial charge in [-0.1, -0.05) is 24.3 Å². The third kappa shape index (κ3) is 3.11. The van der Waals surface area contributed by atoms with Crippen LogP contribution in [0, 0.1) is 45.7 Å². The van der Waals surface area contributed by atoms with Crippen LogP contribution < -0.4 is 4.57 Å². The molecule has 0 radical (unpaired) electrons. The number of pyridine rings is 1. The minimum atomic E-state index is -1.65. The SMILES string of the molecule is N#CC(=C=N)C1=N[C@](O)(C2CC2)[C@@H]([n+]2ccccc2)[C@H](c2ccccc2F)[C@@H]1C#N. The number of aromatic nitrogens is 1. The molecule has 2 N–H and O–H groups in total. The van der Waals surface area contributed by atoms with E-state index in [1.54, 1.807) is 47.3 Å². The molecule has 2 heterocycles. The third-order valence-electron chi connectivity index (χ3n) is 5.86. The number of aliphatic imine (C=N–C) groups is 1. The number of nitrogens with one attached hydrogen (secondary N) is 1. The second-order valence-electron chi connectivity index (χ2n) is 7.59. The molecule has 1 fully saturated rings. The van der Waals surface area contributed by atoms with E-state index in [9.17, 15) is 20.0 Å². The van der Waals surface area contributed by atoms with E-state index in [0.29, 0.717) is 0 Å². The molecule has 1 aromatic carbocycles.